The van der Waals surface area contributed by atoms with Crippen molar-refractivity contribution >= 4 is 45.9 Å². The summed E-state index contributed by atoms with van der Waals surface area (Å²) in [6.07, 6.45) is 1.54. The van der Waals surface area contributed by atoms with Crippen LogP contribution in [0.2, 0.25) is 10.0 Å². The Morgan fingerprint density at radius 1 is 1.11 bits per heavy atom. The zero-order chi connectivity index (χ0) is 19.0. The Morgan fingerprint density at radius 2 is 1.96 bits per heavy atom. The molecule has 0 unspecified atom stereocenters. The normalized spacial score (nSPS) is 11.1. The van der Waals surface area contributed by atoms with Gasteiger partial charge in [-0.2, -0.15) is 0 Å². The number of halogens is 3. The lowest BCUT2D eigenvalue weighted by Crippen LogP contribution is -2.17. The van der Waals surface area contributed by atoms with Crippen LogP contribution in [-0.4, -0.2) is 10.5 Å². The first-order valence-corrected chi connectivity index (χ1v) is 8.84. The van der Waals surface area contributed by atoms with Gasteiger partial charge in [0.1, 0.15) is 11.5 Å². The number of carbonyl (C=O) groups excluding carboxylic acids is 1. The molecule has 1 N–H and O–H groups in total. The first-order valence-electron chi connectivity index (χ1n) is 8.09. The summed E-state index contributed by atoms with van der Waals surface area (Å²) < 4.78 is 20.7. The van der Waals surface area contributed by atoms with E-state index in [-0.39, 0.29) is 11.7 Å². The van der Waals surface area contributed by atoms with Gasteiger partial charge < -0.3 is 14.3 Å². The van der Waals surface area contributed by atoms with E-state index in [4.69, 9.17) is 27.6 Å². The van der Waals surface area contributed by atoms with Crippen molar-refractivity contribution in [1.29, 1.82) is 0 Å². The second kappa shape index (κ2) is 7.10. The molecular formula is C20H13Cl2FN2O2. The van der Waals surface area contributed by atoms with E-state index in [1.165, 1.54) is 12.1 Å². The van der Waals surface area contributed by atoms with E-state index >= 15 is 0 Å². The Balaban J connectivity index is 1.72. The molecule has 1 amide bonds. The number of amides is 1. The van der Waals surface area contributed by atoms with Gasteiger partial charge in [0.15, 0.2) is 5.58 Å². The lowest BCUT2D eigenvalue weighted by molar-refractivity contribution is 0.101. The highest BCUT2D eigenvalue weighted by Crippen LogP contribution is 2.28. The van der Waals surface area contributed by atoms with Crippen LogP contribution in [0.1, 0.15) is 16.1 Å². The van der Waals surface area contributed by atoms with Gasteiger partial charge in [0.2, 0.25) is 0 Å². The van der Waals surface area contributed by atoms with Gasteiger partial charge in [-0.15, -0.1) is 0 Å². The van der Waals surface area contributed by atoms with Gasteiger partial charge in [-0.1, -0.05) is 35.3 Å². The van der Waals surface area contributed by atoms with Crippen LogP contribution in [0.4, 0.5) is 10.1 Å². The first kappa shape index (κ1) is 17.6. The fourth-order valence-corrected chi connectivity index (χ4v) is 3.27. The van der Waals surface area contributed by atoms with Crippen molar-refractivity contribution < 1.29 is 13.6 Å². The van der Waals surface area contributed by atoms with E-state index in [0.29, 0.717) is 33.6 Å². The lowest BCUT2D eigenvalue weighted by Gasteiger charge is -2.12. The Labute approximate surface area is 164 Å². The summed E-state index contributed by atoms with van der Waals surface area (Å²) in [5.41, 5.74) is 2.80. The summed E-state index contributed by atoms with van der Waals surface area (Å²) >= 11 is 12.1. The molecule has 0 aliphatic carbocycles. The first-order chi connectivity index (χ1) is 13.0. The molecule has 4 aromatic rings. The second-order valence-corrected chi connectivity index (χ2v) is 6.84. The van der Waals surface area contributed by atoms with Crippen LogP contribution in [0.25, 0.3) is 11.1 Å². The maximum Gasteiger partial charge on any atom is 0.272 e. The number of hydrogen-bond acceptors (Lipinski definition) is 2. The molecule has 7 heteroatoms. The fourth-order valence-electron chi connectivity index (χ4n) is 2.93. The average molecular weight is 403 g/mol. The molecule has 0 bridgehead atoms. The van der Waals surface area contributed by atoms with E-state index in [1.807, 2.05) is 0 Å². The predicted molar refractivity (Wildman–Crippen MR) is 104 cm³/mol. The van der Waals surface area contributed by atoms with Crippen LogP contribution >= 0.6 is 23.2 Å². The summed E-state index contributed by atoms with van der Waals surface area (Å²) in [4.78, 5) is 12.9. The van der Waals surface area contributed by atoms with Crippen molar-refractivity contribution in [3.8, 4) is 0 Å². The largest absolute Gasteiger partial charge is 0.463 e. The van der Waals surface area contributed by atoms with Gasteiger partial charge >= 0.3 is 0 Å². The van der Waals surface area contributed by atoms with Crippen molar-refractivity contribution in [3.63, 3.8) is 0 Å². The Kier molecular flexibility index (Phi) is 4.64. The number of nitrogens with zero attached hydrogens (tertiary/aromatic N) is 1. The fraction of sp³-hybridized carbons (Fsp3) is 0.0500. The summed E-state index contributed by atoms with van der Waals surface area (Å²) in [6, 6.07) is 14.5. The molecule has 136 valence electrons. The highest BCUT2D eigenvalue weighted by atomic mass is 35.5. The number of aromatic nitrogens is 1. The monoisotopic (exact) mass is 402 g/mol. The molecule has 2 aromatic heterocycles. The van der Waals surface area contributed by atoms with Gasteiger partial charge in [-0.05, 0) is 35.9 Å². The van der Waals surface area contributed by atoms with Gasteiger partial charge in [0.05, 0.1) is 22.5 Å². The molecule has 2 heterocycles. The lowest BCUT2D eigenvalue weighted by atomic mass is 10.2. The number of anilines is 1. The minimum absolute atomic E-state index is 0.312. The van der Waals surface area contributed by atoms with Gasteiger partial charge in [0, 0.05) is 23.7 Å². The van der Waals surface area contributed by atoms with Crippen LogP contribution in [0.5, 0.6) is 0 Å². The number of nitrogens with one attached hydrogen (secondary N) is 1. The molecule has 4 rings (SSSR count). The Hall–Kier alpha value is -2.76. The van der Waals surface area contributed by atoms with Crippen LogP contribution < -0.4 is 5.32 Å². The summed E-state index contributed by atoms with van der Waals surface area (Å²) in [6.45, 7) is 0.312. The van der Waals surface area contributed by atoms with E-state index in [0.717, 1.165) is 11.1 Å². The third-order valence-electron chi connectivity index (χ3n) is 4.16. The zero-order valence-corrected chi connectivity index (χ0v) is 15.4. The third kappa shape index (κ3) is 3.56. The van der Waals surface area contributed by atoms with E-state index < -0.39 is 0 Å². The topological polar surface area (TPSA) is 47.2 Å². The number of furan rings is 1. The summed E-state index contributed by atoms with van der Waals surface area (Å²) in [5.74, 6) is -0.707. The van der Waals surface area contributed by atoms with Gasteiger partial charge in [-0.25, -0.2) is 4.39 Å². The van der Waals surface area contributed by atoms with Crippen molar-refractivity contribution in [2.24, 2.45) is 0 Å². The SMILES string of the molecule is O=C(Nc1cc(Cl)ccc1Cl)c1cc2occc2n1Cc1cccc(F)c1. The highest BCUT2D eigenvalue weighted by molar-refractivity contribution is 6.35. The van der Waals surface area contributed by atoms with Crippen LogP contribution in [0.3, 0.4) is 0 Å². The van der Waals surface area contributed by atoms with Gasteiger partial charge in [-0.3, -0.25) is 4.79 Å². The molecule has 0 saturated carbocycles. The smallest absolute Gasteiger partial charge is 0.272 e. The molecule has 0 fully saturated rings. The molecule has 0 aliphatic rings. The second-order valence-electron chi connectivity index (χ2n) is 5.99. The molecular weight excluding hydrogens is 390 g/mol. The maximum absolute atomic E-state index is 13.5. The molecule has 0 radical (unpaired) electrons. The number of benzene rings is 2. The van der Waals surface area contributed by atoms with E-state index in [2.05, 4.69) is 5.32 Å². The predicted octanol–water partition coefficient (Wildman–Crippen LogP) is 5.98. The maximum atomic E-state index is 13.5. The molecule has 2 aromatic carbocycles. The van der Waals surface area contributed by atoms with E-state index in [9.17, 15) is 9.18 Å². The minimum Gasteiger partial charge on any atom is -0.463 e. The van der Waals surface area contributed by atoms with Gasteiger partial charge in [0.25, 0.3) is 5.91 Å². The summed E-state index contributed by atoms with van der Waals surface area (Å²) in [5, 5.41) is 3.60. The quantitative estimate of drug-likeness (QED) is 0.456. The van der Waals surface area contributed by atoms with Crippen LogP contribution in [-0.2, 0) is 6.54 Å². The molecule has 0 saturated heterocycles. The Bertz CT molecular complexity index is 1150. The van der Waals surface area contributed by atoms with Crippen molar-refractivity contribution in [2.75, 3.05) is 5.32 Å². The number of hydrogen-bond donors (Lipinski definition) is 1. The minimum atomic E-state index is -0.373. The molecule has 0 spiro atoms. The standard InChI is InChI=1S/C20H13Cl2FN2O2/c21-13-4-5-15(22)16(9-13)24-20(26)18-10-19-17(6-7-27-19)25(18)11-12-2-1-3-14(23)8-12/h1-10H,11H2,(H,24,26). The molecule has 0 atom stereocenters. The number of carbonyl (C=O) groups is 1. The molecule has 4 nitrogen and oxygen atoms in total. The zero-order valence-electron chi connectivity index (χ0n) is 13.9. The van der Waals surface area contributed by atoms with Crippen molar-refractivity contribution in [1.82, 2.24) is 4.57 Å². The number of rotatable bonds is 4. The van der Waals surface area contributed by atoms with Crippen LogP contribution in [0.15, 0.2) is 65.3 Å². The average Bonchev–Trinajstić information content (AvgIpc) is 3.21. The third-order valence-corrected chi connectivity index (χ3v) is 4.73. The van der Waals surface area contributed by atoms with E-state index in [1.54, 1.807) is 53.3 Å². The van der Waals surface area contributed by atoms with Crippen molar-refractivity contribution in [3.05, 3.63) is 88.0 Å². The molecule has 27 heavy (non-hydrogen) atoms. The summed E-state index contributed by atoms with van der Waals surface area (Å²) in [7, 11) is 0. The highest BCUT2D eigenvalue weighted by Gasteiger charge is 2.19. The number of fused-ring (bicyclic) bond motifs is 1. The van der Waals surface area contributed by atoms with Crippen LogP contribution in [0, 0.1) is 5.82 Å². The van der Waals surface area contributed by atoms with Crippen molar-refractivity contribution in [2.45, 2.75) is 6.54 Å². The molecule has 0 aliphatic heterocycles. The Morgan fingerprint density at radius 3 is 2.78 bits per heavy atom.